The van der Waals surface area contributed by atoms with Crippen LogP contribution >= 0.6 is 11.6 Å². The highest BCUT2D eigenvalue weighted by Gasteiger charge is 2.17. The van der Waals surface area contributed by atoms with Crippen molar-refractivity contribution in [1.82, 2.24) is 15.5 Å². The number of hydrogen-bond donors (Lipinski definition) is 2. The first kappa shape index (κ1) is 18.0. The van der Waals surface area contributed by atoms with Crippen LogP contribution < -0.4 is 15.5 Å². The molecular weight excluding hydrogens is 312 g/mol. The number of anilines is 1. The molecule has 1 unspecified atom stereocenters. The second kappa shape index (κ2) is 9.11. The predicted octanol–water partition coefficient (Wildman–Crippen LogP) is 1.43. The summed E-state index contributed by atoms with van der Waals surface area (Å²) >= 11 is 6.06. The van der Waals surface area contributed by atoms with E-state index < -0.39 is 0 Å². The van der Waals surface area contributed by atoms with E-state index in [1.54, 1.807) is 0 Å². The highest BCUT2D eigenvalue weighted by Crippen LogP contribution is 2.20. The van der Waals surface area contributed by atoms with Crippen LogP contribution in [0.2, 0.25) is 5.02 Å². The Labute approximate surface area is 144 Å². The van der Waals surface area contributed by atoms with Gasteiger partial charge in [-0.2, -0.15) is 0 Å². The number of carbonyl (C=O) groups excluding carboxylic acids is 1. The number of carbonyl (C=O) groups is 1. The summed E-state index contributed by atoms with van der Waals surface area (Å²) in [6, 6.07) is 8.01. The first-order valence-corrected chi connectivity index (χ1v) is 8.63. The maximum Gasteiger partial charge on any atom is 0.224 e. The third kappa shape index (κ3) is 5.68. The van der Waals surface area contributed by atoms with E-state index in [-0.39, 0.29) is 11.8 Å². The molecule has 0 aliphatic carbocycles. The van der Waals surface area contributed by atoms with Gasteiger partial charge in [-0.05, 0) is 25.2 Å². The van der Waals surface area contributed by atoms with E-state index in [1.807, 2.05) is 32.2 Å². The molecule has 2 rings (SSSR count). The smallest absolute Gasteiger partial charge is 0.224 e. The summed E-state index contributed by atoms with van der Waals surface area (Å²) in [7, 11) is 1.86. The molecule has 1 aromatic rings. The van der Waals surface area contributed by atoms with Crippen molar-refractivity contribution in [2.75, 3.05) is 57.8 Å². The molecule has 0 radical (unpaired) electrons. The van der Waals surface area contributed by atoms with Gasteiger partial charge in [0.2, 0.25) is 5.91 Å². The average molecular weight is 339 g/mol. The topological polar surface area (TPSA) is 47.6 Å². The molecule has 1 fully saturated rings. The maximum atomic E-state index is 11.9. The zero-order valence-corrected chi connectivity index (χ0v) is 14.8. The molecular formula is C17H27ClN4O. The minimum atomic E-state index is 0.0136. The van der Waals surface area contributed by atoms with Crippen molar-refractivity contribution in [3.63, 3.8) is 0 Å². The van der Waals surface area contributed by atoms with Crippen molar-refractivity contribution in [3.8, 4) is 0 Å². The van der Waals surface area contributed by atoms with E-state index in [1.165, 1.54) is 5.69 Å². The van der Waals surface area contributed by atoms with Gasteiger partial charge >= 0.3 is 0 Å². The molecule has 1 aliphatic rings. The van der Waals surface area contributed by atoms with Gasteiger partial charge in [0.1, 0.15) is 0 Å². The summed E-state index contributed by atoms with van der Waals surface area (Å²) < 4.78 is 0. The molecule has 0 bridgehead atoms. The van der Waals surface area contributed by atoms with Crippen LogP contribution in [0.1, 0.15) is 6.92 Å². The molecule has 1 aliphatic heterocycles. The molecule has 0 saturated carbocycles. The van der Waals surface area contributed by atoms with Gasteiger partial charge in [0.25, 0.3) is 0 Å². The molecule has 1 heterocycles. The van der Waals surface area contributed by atoms with Gasteiger partial charge in [-0.1, -0.05) is 24.6 Å². The van der Waals surface area contributed by atoms with Gasteiger partial charge in [-0.3, -0.25) is 9.69 Å². The molecule has 23 heavy (non-hydrogen) atoms. The van der Waals surface area contributed by atoms with E-state index >= 15 is 0 Å². The van der Waals surface area contributed by atoms with Gasteiger partial charge in [-0.25, -0.2) is 0 Å². The van der Waals surface area contributed by atoms with Crippen molar-refractivity contribution in [2.45, 2.75) is 6.92 Å². The molecule has 1 atom stereocenters. The third-order valence-corrected chi connectivity index (χ3v) is 4.47. The largest absolute Gasteiger partial charge is 0.369 e. The number of hydrogen-bond acceptors (Lipinski definition) is 4. The third-order valence-electron chi connectivity index (χ3n) is 4.23. The van der Waals surface area contributed by atoms with Crippen LogP contribution in [0.15, 0.2) is 24.3 Å². The van der Waals surface area contributed by atoms with Crippen molar-refractivity contribution in [3.05, 3.63) is 29.3 Å². The Balaban J connectivity index is 1.68. The number of rotatable bonds is 7. The Hall–Kier alpha value is -1.30. The Bertz CT molecular complexity index is 503. The standard InChI is InChI=1S/C17H27ClN4O/c1-14(13-19-2)17(23)20-6-7-21-8-10-22(11-9-21)16-5-3-4-15(18)12-16/h3-5,12,14,19H,6-11,13H2,1-2H3,(H,20,23). The minimum absolute atomic E-state index is 0.0136. The van der Waals surface area contributed by atoms with Gasteiger partial charge in [0, 0.05) is 62.4 Å². The van der Waals surface area contributed by atoms with Crippen molar-refractivity contribution in [2.24, 2.45) is 5.92 Å². The monoisotopic (exact) mass is 338 g/mol. The predicted molar refractivity (Wildman–Crippen MR) is 96.2 cm³/mol. The van der Waals surface area contributed by atoms with Crippen LogP contribution in [-0.2, 0) is 4.79 Å². The Morgan fingerprint density at radius 1 is 1.30 bits per heavy atom. The van der Waals surface area contributed by atoms with Crippen LogP contribution in [0.3, 0.4) is 0 Å². The summed E-state index contributed by atoms with van der Waals surface area (Å²) in [5, 5.41) is 6.82. The summed E-state index contributed by atoms with van der Waals surface area (Å²) in [4.78, 5) is 16.6. The average Bonchev–Trinajstić information content (AvgIpc) is 2.55. The Kier molecular flexibility index (Phi) is 7.15. The summed E-state index contributed by atoms with van der Waals surface area (Å²) in [5.41, 5.74) is 1.19. The Morgan fingerprint density at radius 3 is 2.70 bits per heavy atom. The molecule has 1 saturated heterocycles. The fourth-order valence-electron chi connectivity index (χ4n) is 2.81. The molecule has 6 heteroatoms. The zero-order chi connectivity index (χ0) is 16.7. The Morgan fingerprint density at radius 2 is 2.04 bits per heavy atom. The molecule has 128 valence electrons. The molecule has 1 amide bonds. The number of benzene rings is 1. The summed E-state index contributed by atoms with van der Waals surface area (Å²) in [5.74, 6) is 0.136. The van der Waals surface area contributed by atoms with Crippen LogP contribution in [-0.4, -0.2) is 63.7 Å². The lowest BCUT2D eigenvalue weighted by atomic mass is 10.1. The quantitative estimate of drug-likeness (QED) is 0.789. The highest BCUT2D eigenvalue weighted by molar-refractivity contribution is 6.30. The van der Waals surface area contributed by atoms with Crippen LogP contribution in [0.5, 0.6) is 0 Å². The van der Waals surface area contributed by atoms with Crippen molar-refractivity contribution >= 4 is 23.2 Å². The van der Waals surface area contributed by atoms with Crippen molar-refractivity contribution in [1.29, 1.82) is 0 Å². The van der Waals surface area contributed by atoms with Gasteiger partial charge in [0.15, 0.2) is 0 Å². The number of nitrogens with one attached hydrogen (secondary N) is 2. The van der Waals surface area contributed by atoms with E-state index in [2.05, 4.69) is 26.5 Å². The fourth-order valence-corrected chi connectivity index (χ4v) is 3.00. The fraction of sp³-hybridized carbons (Fsp3) is 0.588. The number of piperazine rings is 1. The van der Waals surface area contributed by atoms with E-state index in [4.69, 9.17) is 11.6 Å². The zero-order valence-electron chi connectivity index (χ0n) is 14.0. The maximum absolute atomic E-state index is 11.9. The van der Waals surface area contributed by atoms with E-state index in [0.717, 1.165) is 37.7 Å². The van der Waals surface area contributed by atoms with Crippen LogP contribution in [0, 0.1) is 5.92 Å². The molecule has 0 spiro atoms. The summed E-state index contributed by atoms with van der Waals surface area (Å²) in [6.45, 7) is 8.27. The number of nitrogens with zero attached hydrogens (tertiary/aromatic N) is 2. The van der Waals surface area contributed by atoms with Crippen molar-refractivity contribution < 1.29 is 4.79 Å². The van der Waals surface area contributed by atoms with Gasteiger partial charge in [-0.15, -0.1) is 0 Å². The van der Waals surface area contributed by atoms with Crippen LogP contribution in [0.4, 0.5) is 5.69 Å². The highest BCUT2D eigenvalue weighted by atomic mass is 35.5. The normalized spacial score (nSPS) is 17.1. The minimum Gasteiger partial charge on any atom is -0.369 e. The second-order valence-electron chi connectivity index (χ2n) is 6.06. The van der Waals surface area contributed by atoms with E-state index in [0.29, 0.717) is 13.1 Å². The van der Waals surface area contributed by atoms with Gasteiger partial charge < -0.3 is 15.5 Å². The first-order chi connectivity index (χ1) is 11.1. The molecule has 1 aromatic carbocycles. The molecule has 2 N–H and O–H groups in total. The van der Waals surface area contributed by atoms with Crippen LogP contribution in [0.25, 0.3) is 0 Å². The summed E-state index contributed by atoms with van der Waals surface area (Å²) in [6.07, 6.45) is 0. The lowest BCUT2D eigenvalue weighted by molar-refractivity contribution is -0.124. The lowest BCUT2D eigenvalue weighted by Gasteiger charge is -2.36. The number of amides is 1. The van der Waals surface area contributed by atoms with Gasteiger partial charge in [0.05, 0.1) is 0 Å². The SMILES string of the molecule is CNCC(C)C(=O)NCCN1CCN(c2cccc(Cl)c2)CC1. The first-order valence-electron chi connectivity index (χ1n) is 8.25. The lowest BCUT2D eigenvalue weighted by Crippen LogP contribution is -2.49. The molecule has 5 nitrogen and oxygen atoms in total. The number of halogens is 1. The molecule has 0 aromatic heterocycles. The van der Waals surface area contributed by atoms with E-state index in [9.17, 15) is 4.79 Å². The second-order valence-corrected chi connectivity index (χ2v) is 6.49.